The zero-order chi connectivity index (χ0) is 22.5. The summed E-state index contributed by atoms with van der Waals surface area (Å²) < 4.78 is 15.1. The predicted octanol–water partition coefficient (Wildman–Crippen LogP) is 3.61. The number of hydrogen-bond donors (Lipinski definition) is 1. The Hall–Kier alpha value is -3.39. The van der Waals surface area contributed by atoms with Gasteiger partial charge < -0.3 is 19.4 Å². The Morgan fingerprint density at radius 3 is 2.78 bits per heavy atom. The molecule has 0 aliphatic heterocycles. The number of aromatic nitrogens is 4. The number of fused-ring (bicyclic) bond motifs is 2. The van der Waals surface area contributed by atoms with Crippen LogP contribution in [0.1, 0.15) is 32.1 Å². The normalized spacial score (nSPS) is 12.5. The van der Waals surface area contributed by atoms with Crippen molar-refractivity contribution in [3.63, 3.8) is 0 Å². The van der Waals surface area contributed by atoms with Crippen LogP contribution in [0.3, 0.4) is 0 Å². The third kappa shape index (κ3) is 4.75. The molecule has 1 N–H and O–H groups in total. The van der Waals surface area contributed by atoms with E-state index in [2.05, 4.69) is 33.9 Å². The molecule has 3 heterocycles. The number of carbonyl (C=O) groups excluding carboxylic acids is 1. The third-order valence-corrected chi connectivity index (χ3v) is 5.36. The highest BCUT2D eigenvalue weighted by Crippen LogP contribution is 2.27. The van der Waals surface area contributed by atoms with Crippen LogP contribution in [-0.2, 0) is 16.1 Å². The van der Waals surface area contributed by atoms with Gasteiger partial charge in [-0.05, 0) is 42.7 Å². The van der Waals surface area contributed by atoms with E-state index in [9.17, 15) is 4.79 Å². The molecule has 0 bridgehead atoms. The Kier molecular flexibility index (Phi) is 6.70. The zero-order valence-corrected chi connectivity index (χ0v) is 18.7. The molecule has 3 aromatic heterocycles. The Balaban J connectivity index is 1.47. The quantitative estimate of drug-likeness (QED) is 0.411. The van der Waals surface area contributed by atoms with Crippen molar-refractivity contribution in [3.05, 3.63) is 60.7 Å². The molecule has 0 aliphatic rings. The Morgan fingerprint density at radius 1 is 1.09 bits per heavy atom. The minimum absolute atomic E-state index is 0.0757. The van der Waals surface area contributed by atoms with Crippen molar-refractivity contribution < 1.29 is 14.3 Å². The minimum atomic E-state index is -0.255. The molecule has 1 aromatic carbocycles. The zero-order valence-electron chi connectivity index (χ0n) is 18.7. The van der Waals surface area contributed by atoms with Crippen LogP contribution >= 0.6 is 0 Å². The molecule has 0 fully saturated rings. The van der Waals surface area contributed by atoms with Crippen molar-refractivity contribution in [3.8, 4) is 5.75 Å². The first-order valence-electron chi connectivity index (χ1n) is 10.9. The highest BCUT2D eigenvalue weighted by molar-refractivity contribution is 5.87. The molecule has 0 saturated carbocycles. The second kappa shape index (κ2) is 9.82. The highest BCUT2D eigenvalue weighted by atomic mass is 16.5. The highest BCUT2D eigenvalue weighted by Gasteiger charge is 2.22. The van der Waals surface area contributed by atoms with Gasteiger partial charge in [0.15, 0.2) is 18.1 Å². The van der Waals surface area contributed by atoms with Crippen molar-refractivity contribution in [1.29, 1.82) is 0 Å². The second-order valence-corrected chi connectivity index (χ2v) is 8.22. The minimum Gasteiger partial charge on any atom is -0.483 e. The van der Waals surface area contributed by atoms with E-state index < -0.39 is 0 Å². The molecule has 0 unspecified atom stereocenters. The Morgan fingerprint density at radius 2 is 1.97 bits per heavy atom. The lowest BCUT2D eigenvalue weighted by Crippen LogP contribution is -2.34. The lowest BCUT2D eigenvalue weighted by molar-refractivity contribution is -0.124. The summed E-state index contributed by atoms with van der Waals surface area (Å²) in [7, 11) is 1.69. The van der Waals surface area contributed by atoms with Gasteiger partial charge >= 0.3 is 0 Å². The Labute approximate surface area is 187 Å². The van der Waals surface area contributed by atoms with Gasteiger partial charge in [-0.3, -0.25) is 9.20 Å². The van der Waals surface area contributed by atoms with Gasteiger partial charge in [-0.2, -0.15) is 0 Å². The molecular formula is C24H29N5O3. The summed E-state index contributed by atoms with van der Waals surface area (Å²) in [6, 6.07) is 13.3. The smallest absolute Gasteiger partial charge is 0.258 e. The lowest BCUT2D eigenvalue weighted by atomic mass is 10.0. The molecule has 0 aliphatic carbocycles. The van der Waals surface area contributed by atoms with E-state index in [0.717, 1.165) is 35.3 Å². The standard InChI is InChI=1S/C24H29N5O3/c1-17(2)15-19(24-27-26-22-9-4-5-11-29(22)24)25-23(30)16-32-21-8-6-7-20-18(21)10-12-28(20)13-14-31-3/h4-12,17,19H,13-16H2,1-3H3,(H,25,30)/t19-/m1/s1. The van der Waals surface area contributed by atoms with Crippen molar-refractivity contribution in [2.24, 2.45) is 5.92 Å². The fourth-order valence-electron chi connectivity index (χ4n) is 3.88. The van der Waals surface area contributed by atoms with Crippen LogP contribution in [0, 0.1) is 5.92 Å². The number of benzene rings is 1. The van der Waals surface area contributed by atoms with Gasteiger partial charge in [0.25, 0.3) is 5.91 Å². The summed E-state index contributed by atoms with van der Waals surface area (Å²) in [5.74, 6) is 1.58. The van der Waals surface area contributed by atoms with Gasteiger partial charge in [0.2, 0.25) is 0 Å². The Bertz CT molecular complexity index is 1200. The average molecular weight is 436 g/mol. The molecular weight excluding hydrogens is 406 g/mol. The topological polar surface area (TPSA) is 82.7 Å². The fourth-order valence-corrected chi connectivity index (χ4v) is 3.88. The number of ether oxygens (including phenoxy) is 2. The third-order valence-electron chi connectivity index (χ3n) is 5.36. The van der Waals surface area contributed by atoms with E-state index >= 15 is 0 Å². The molecule has 0 radical (unpaired) electrons. The van der Waals surface area contributed by atoms with Crippen LogP contribution in [0.25, 0.3) is 16.6 Å². The first-order valence-corrected chi connectivity index (χ1v) is 10.9. The van der Waals surface area contributed by atoms with Gasteiger partial charge in [-0.25, -0.2) is 0 Å². The second-order valence-electron chi connectivity index (χ2n) is 8.22. The van der Waals surface area contributed by atoms with Gasteiger partial charge in [-0.1, -0.05) is 26.0 Å². The SMILES string of the molecule is COCCn1ccc2c(OCC(=O)N[C@H](CC(C)C)c3nnc4ccccn34)cccc21. The summed E-state index contributed by atoms with van der Waals surface area (Å²) in [5, 5.41) is 12.6. The van der Waals surface area contributed by atoms with Crippen molar-refractivity contribution in [2.75, 3.05) is 20.3 Å². The molecule has 8 nitrogen and oxygen atoms in total. The summed E-state index contributed by atoms with van der Waals surface area (Å²) in [6.07, 6.45) is 4.67. The summed E-state index contributed by atoms with van der Waals surface area (Å²) in [4.78, 5) is 12.8. The number of rotatable bonds is 10. The molecule has 0 saturated heterocycles. The molecule has 0 spiro atoms. The molecule has 1 amide bonds. The monoisotopic (exact) mass is 435 g/mol. The van der Waals surface area contributed by atoms with Crippen LogP contribution in [0.5, 0.6) is 5.75 Å². The maximum atomic E-state index is 12.8. The van der Waals surface area contributed by atoms with Crippen LogP contribution in [0.2, 0.25) is 0 Å². The summed E-state index contributed by atoms with van der Waals surface area (Å²) in [5.41, 5.74) is 1.80. The van der Waals surface area contributed by atoms with E-state index in [1.165, 1.54) is 0 Å². The number of nitrogens with zero attached hydrogens (tertiary/aromatic N) is 4. The van der Waals surface area contributed by atoms with Crippen LogP contribution < -0.4 is 10.1 Å². The first kappa shape index (κ1) is 21.8. The maximum Gasteiger partial charge on any atom is 0.258 e. The molecule has 4 aromatic rings. The summed E-state index contributed by atoms with van der Waals surface area (Å²) >= 11 is 0. The molecule has 1 atom stereocenters. The average Bonchev–Trinajstić information content (AvgIpc) is 3.40. The fraction of sp³-hybridized carbons (Fsp3) is 0.375. The number of nitrogens with one attached hydrogen (secondary N) is 1. The largest absolute Gasteiger partial charge is 0.483 e. The molecule has 32 heavy (non-hydrogen) atoms. The van der Waals surface area contributed by atoms with Crippen LogP contribution in [0.15, 0.2) is 54.9 Å². The number of amides is 1. The number of hydrogen-bond acceptors (Lipinski definition) is 5. The molecule has 168 valence electrons. The number of methoxy groups -OCH3 is 1. The lowest BCUT2D eigenvalue weighted by Gasteiger charge is -2.19. The van der Waals surface area contributed by atoms with Gasteiger partial charge in [0.1, 0.15) is 5.75 Å². The van der Waals surface area contributed by atoms with E-state index in [4.69, 9.17) is 9.47 Å². The van der Waals surface area contributed by atoms with E-state index in [1.807, 2.05) is 59.3 Å². The summed E-state index contributed by atoms with van der Waals surface area (Å²) in [6.45, 7) is 5.55. The van der Waals surface area contributed by atoms with Gasteiger partial charge in [-0.15, -0.1) is 10.2 Å². The van der Waals surface area contributed by atoms with Crippen molar-refractivity contribution >= 4 is 22.5 Å². The van der Waals surface area contributed by atoms with E-state index in [-0.39, 0.29) is 18.6 Å². The maximum absolute atomic E-state index is 12.8. The first-order chi connectivity index (χ1) is 15.6. The van der Waals surface area contributed by atoms with Gasteiger partial charge in [0.05, 0.1) is 18.2 Å². The van der Waals surface area contributed by atoms with E-state index in [1.54, 1.807) is 7.11 Å². The van der Waals surface area contributed by atoms with Crippen LogP contribution in [0.4, 0.5) is 0 Å². The van der Waals surface area contributed by atoms with Crippen molar-refractivity contribution in [2.45, 2.75) is 32.9 Å². The molecule has 8 heteroatoms. The van der Waals surface area contributed by atoms with Crippen molar-refractivity contribution in [1.82, 2.24) is 24.5 Å². The van der Waals surface area contributed by atoms with E-state index in [0.29, 0.717) is 18.3 Å². The van der Waals surface area contributed by atoms with Gasteiger partial charge in [0, 0.05) is 31.4 Å². The number of pyridine rings is 1. The predicted molar refractivity (Wildman–Crippen MR) is 123 cm³/mol. The number of carbonyl (C=O) groups is 1. The van der Waals surface area contributed by atoms with Crippen LogP contribution in [-0.4, -0.2) is 45.4 Å². The molecule has 4 rings (SSSR count).